The second-order valence-corrected chi connectivity index (χ2v) is 5.85. The maximum Gasteiger partial charge on any atom is 0.223 e. The summed E-state index contributed by atoms with van der Waals surface area (Å²) in [7, 11) is 0. The fourth-order valence-corrected chi connectivity index (χ4v) is 2.32. The molecule has 0 bridgehead atoms. The van der Waals surface area contributed by atoms with Gasteiger partial charge in [-0.1, -0.05) is 13.8 Å². The molecule has 18 heavy (non-hydrogen) atoms. The number of piperidine rings is 1. The molecule has 0 atom stereocenters. The van der Waals surface area contributed by atoms with E-state index in [1.165, 1.54) is 0 Å². The van der Waals surface area contributed by atoms with Crippen molar-refractivity contribution in [2.75, 3.05) is 18.4 Å². The molecular formula is C14H24N4. The maximum absolute atomic E-state index is 4.63. The molecule has 1 aromatic rings. The summed E-state index contributed by atoms with van der Waals surface area (Å²) < 4.78 is 0. The molecule has 0 aliphatic carbocycles. The van der Waals surface area contributed by atoms with Gasteiger partial charge < -0.3 is 10.6 Å². The fourth-order valence-electron chi connectivity index (χ4n) is 2.32. The van der Waals surface area contributed by atoms with Gasteiger partial charge in [0.05, 0.1) is 0 Å². The van der Waals surface area contributed by atoms with Crippen molar-refractivity contribution in [2.24, 2.45) is 0 Å². The predicted octanol–water partition coefficient (Wildman–Crippen LogP) is 2.46. The van der Waals surface area contributed by atoms with Gasteiger partial charge in [-0.05, 0) is 51.8 Å². The Balaban J connectivity index is 2.17. The van der Waals surface area contributed by atoms with Crippen LogP contribution in [0.3, 0.4) is 0 Å². The van der Waals surface area contributed by atoms with Gasteiger partial charge in [0.15, 0.2) is 0 Å². The Bertz CT molecular complexity index is 408. The Morgan fingerprint density at radius 1 is 1.28 bits per heavy atom. The third kappa shape index (κ3) is 3.19. The van der Waals surface area contributed by atoms with Crippen LogP contribution in [0, 0.1) is 6.92 Å². The normalized spacial score (nSPS) is 18.9. The molecule has 1 saturated heterocycles. The van der Waals surface area contributed by atoms with Gasteiger partial charge in [0.2, 0.25) is 5.95 Å². The Kier molecular flexibility index (Phi) is 3.85. The van der Waals surface area contributed by atoms with Gasteiger partial charge in [-0.25, -0.2) is 9.97 Å². The molecule has 2 rings (SSSR count). The molecule has 0 unspecified atom stereocenters. The Hall–Kier alpha value is -1.16. The molecule has 2 heterocycles. The molecule has 4 nitrogen and oxygen atoms in total. The zero-order valence-corrected chi connectivity index (χ0v) is 11.9. The number of anilines is 1. The van der Waals surface area contributed by atoms with Crippen molar-refractivity contribution < 1.29 is 0 Å². The van der Waals surface area contributed by atoms with Gasteiger partial charge in [-0.2, -0.15) is 0 Å². The smallest absolute Gasteiger partial charge is 0.223 e. The van der Waals surface area contributed by atoms with E-state index >= 15 is 0 Å². The summed E-state index contributed by atoms with van der Waals surface area (Å²) in [4.78, 5) is 9.14. The minimum absolute atomic E-state index is 0.118. The standard InChI is InChI=1S/C14H24N4/c1-10(2)12-9-11(3)16-13(17-12)18-14(4)5-7-15-8-6-14/h9-10,15H,5-8H2,1-4H3,(H,16,17,18). The van der Waals surface area contributed by atoms with Crippen LogP contribution < -0.4 is 10.6 Å². The second kappa shape index (κ2) is 5.22. The quantitative estimate of drug-likeness (QED) is 0.862. The molecule has 1 aromatic heterocycles. The highest BCUT2D eigenvalue weighted by Gasteiger charge is 2.27. The van der Waals surface area contributed by atoms with Crippen molar-refractivity contribution in [3.63, 3.8) is 0 Å². The lowest BCUT2D eigenvalue weighted by Gasteiger charge is -2.35. The summed E-state index contributed by atoms with van der Waals surface area (Å²) in [5.74, 6) is 1.22. The number of nitrogens with zero attached hydrogens (tertiary/aromatic N) is 2. The van der Waals surface area contributed by atoms with E-state index in [0.717, 1.165) is 43.3 Å². The van der Waals surface area contributed by atoms with E-state index < -0.39 is 0 Å². The van der Waals surface area contributed by atoms with Crippen molar-refractivity contribution in [3.05, 3.63) is 17.5 Å². The lowest BCUT2D eigenvalue weighted by Crippen LogP contribution is -2.45. The minimum atomic E-state index is 0.118. The van der Waals surface area contributed by atoms with Gasteiger partial charge in [-0.15, -0.1) is 0 Å². The van der Waals surface area contributed by atoms with Crippen LogP contribution in [0.25, 0.3) is 0 Å². The van der Waals surface area contributed by atoms with Gasteiger partial charge in [-0.3, -0.25) is 0 Å². The first-order valence-corrected chi connectivity index (χ1v) is 6.83. The van der Waals surface area contributed by atoms with Gasteiger partial charge in [0.25, 0.3) is 0 Å². The van der Waals surface area contributed by atoms with Crippen molar-refractivity contribution >= 4 is 5.95 Å². The molecule has 100 valence electrons. The molecule has 4 heteroatoms. The summed E-state index contributed by atoms with van der Waals surface area (Å²) in [6, 6.07) is 2.07. The molecule has 0 radical (unpaired) electrons. The molecule has 0 aromatic carbocycles. The maximum atomic E-state index is 4.63. The van der Waals surface area contributed by atoms with Gasteiger partial charge >= 0.3 is 0 Å². The summed E-state index contributed by atoms with van der Waals surface area (Å²) in [5, 5.41) is 6.92. The van der Waals surface area contributed by atoms with Gasteiger partial charge in [0.1, 0.15) is 0 Å². The number of nitrogens with one attached hydrogen (secondary N) is 2. The minimum Gasteiger partial charge on any atom is -0.349 e. The van der Waals surface area contributed by atoms with E-state index in [4.69, 9.17) is 0 Å². The number of hydrogen-bond donors (Lipinski definition) is 2. The monoisotopic (exact) mass is 248 g/mol. The third-order valence-corrected chi connectivity index (χ3v) is 3.59. The second-order valence-electron chi connectivity index (χ2n) is 5.85. The number of aryl methyl sites for hydroxylation is 1. The SMILES string of the molecule is Cc1cc(C(C)C)nc(NC2(C)CCNCC2)n1. The van der Waals surface area contributed by atoms with Crippen LogP contribution in [0.15, 0.2) is 6.07 Å². The Labute approximate surface area is 110 Å². The molecule has 0 saturated carbocycles. The molecule has 0 amide bonds. The average molecular weight is 248 g/mol. The summed E-state index contributed by atoms with van der Waals surface area (Å²) in [6.45, 7) is 10.7. The molecule has 0 spiro atoms. The third-order valence-electron chi connectivity index (χ3n) is 3.59. The van der Waals surface area contributed by atoms with Gasteiger partial charge in [0, 0.05) is 16.9 Å². The van der Waals surface area contributed by atoms with Crippen molar-refractivity contribution in [2.45, 2.75) is 52.0 Å². The van der Waals surface area contributed by atoms with E-state index in [0.29, 0.717) is 5.92 Å². The molecule has 1 fully saturated rings. The first-order chi connectivity index (χ1) is 8.48. The van der Waals surface area contributed by atoms with E-state index in [2.05, 4.69) is 47.4 Å². The Morgan fingerprint density at radius 3 is 2.56 bits per heavy atom. The largest absolute Gasteiger partial charge is 0.349 e. The lowest BCUT2D eigenvalue weighted by molar-refractivity contribution is 0.363. The van der Waals surface area contributed by atoms with E-state index in [-0.39, 0.29) is 5.54 Å². The molecular weight excluding hydrogens is 224 g/mol. The van der Waals surface area contributed by atoms with Crippen LogP contribution in [0.2, 0.25) is 0 Å². The number of aromatic nitrogens is 2. The van der Waals surface area contributed by atoms with Crippen LogP contribution in [0.5, 0.6) is 0 Å². The van der Waals surface area contributed by atoms with Crippen LogP contribution in [0.4, 0.5) is 5.95 Å². The average Bonchev–Trinajstić information content (AvgIpc) is 2.28. The van der Waals surface area contributed by atoms with Crippen molar-refractivity contribution in [3.8, 4) is 0 Å². The van der Waals surface area contributed by atoms with E-state index in [9.17, 15) is 0 Å². The van der Waals surface area contributed by atoms with Crippen LogP contribution in [0.1, 0.15) is 50.9 Å². The topological polar surface area (TPSA) is 49.8 Å². The van der Waals surface area contributed by atoms with E-state index in [1.54, 1.807) is 0 Å². The van der Waals surface area contributed by atoms with Crippen LogP contribution >= 0.6 is 0 Å². The number of rotatable bonds is 3. The molecule has 1 aliphatic rings. The highest BCUT2D eigenvalue weighted by Crippen LogP contribution is 2.23. The highest BCUT2D eigenvalue weighted by atomic mass is 15.2. The zero-order chi connectivity index (χ0) is 13.2. The molecule has 2 N–H and O–H groups in total. The highest BCUT2D eigenvalue weighted by molar-refractivity contribution is 5.32. The summed E-state index contributed by atoms with van der Waals surface area (Å²) >= 11 is 0. The fraction of sp³-hybridized carbons (Fsp3) is 0.714. The summed E-state index contributed by atoms with van der Waals surface area (Å²) in [5.41, 5.74) is 2.27. The lowest BCUT2D eigenvalue weighted by atomic mass is 9.91. The van der Waals surface area contributed by atoms with Crippen molar-refractivity contribution in [1.29, 1.82) is 0 Å². The summed E-state index contributed by atoms with van der Waals surface area (Å²) in [6.07, 6.45) is 2.22. The zero-order valence-electron chi connectivity index (χ0n) is 11.9. The first-order valence-electron chi connectivity index (χ1n) is 6.83. The van der Waals surface area contributed by atoms with Crippen molar-refractivity contribution in [1.82, 2.24) is 15.3 Å². The van der Waals surface area contributed by atoms with Crippen LogP contribution in [-0.2, 0) is 0 Å². The molecule has 1 aliphatic heterocycles. The number of hydrogen-bond acceptors (Lipinski definition) is 4. The van der Waals surface area contributed by atoms with E-state index in [1.807, 2.05) is 6.92 Å². The van der Waals surface area contributed by atoms with Crippen LogP contribution in [-0.4, -0.2) is 28.6 Å². The Morgan fingerprint density at radius 2 is 1.94 bits per heavy atom. The predicted molar refractivity (Wildman–Crippen MR) is 75.0 cm³/mol. The first kappa shape index (κ1) is 13.3.